The average molecular weight is 447 g/mol. The molecule has 3 aromatic rings. The number of rotatable bonds is 7. The van der Waals surface area contributed by atoms with Gasteiger partial charge in [-0.1, -0.05) is 36.4 Å². The summed E-state index contributed by atoms with van der Waals surface area (Å²) < 4.78 is 59.4. The molecule has 0 fully saturated rings. The quantitative estimate of drug-likeness (QED) is 0.594. The van der Waals surface area contributed by atoms with E-state index >= 15 is 0 Å². The first-order chi connectivity index (χ1) is 14.2. The molecule has 1 amide bonds. The summed E-state index contributed by atoms with van der Waals surface area (Å²) in [7, 11) is -7.99. The molecule has 0 aliphatic rings. The highest BCUT2D eigenvalue weighted by Gasteiger charge is 2.39. The highest BCUT2D eigenvalue weighted by Crippen LogP contribution is 2.37. The zero-order chi connectivity index (χ0) is 21.9. The number of hydrogen-bond donors (Lipinski definition) is 1. The van der Waals surface area contributed by atoms with Crippen LogP contribution >= 0.6 is 0 Å². The summed E-state index contributed by atoms with van der Waals surface area (Å²) in [5.41, 5.74) is 4.88. The fourth-order valence-corrected chi connectivity index (χ4v) is 6.49. The summed E-state index contributed by atoms with van der Waals surface area (Å²) in [6.45, 7) is 0. The smallest absolute Gasteiger partial charge is 0.277 e. The number of amides is 1. The van der Waals surface area contributed by atoms with E-state index in [-0.39, 0.29) is 30.5 Å². The van der Waals surface area contributed by atoms with Gasteiger partial charge in [0, 0.05) is 5.56 Å². The second kappa shape index (κ2) is 8.17. The van der Waals surface area contributed by atoms with E-state index in [1.165, 1.54) is 67.8 Å². The number of carbonyl (C=O) groups is 1. The third kappa shape index (κ3) is 3.87. The summed E-state index contributed by atoms with van der Waals surface area (Å²) in [4.78, 5) is 11.2. The van der Waals surface area contributed by atoms with Gasteiger partial charge in [0.2, 0.25) is 5.91 Å². The van der Waals surface area contributed by atoms with E-state index < -0.39 is 26.0 Å². The van der Waals surface area contributed by atoms with Gasteiger partial charge in [-0.05, 0) is 42.5 Å². The third-order valence-electron chi connectivity index (χ3n) is 4.18. The van der Waals surface area contributed by atoms with Gasteiger partial charge < -0.3 is 10.5 Å². The van der Waals surface area contributed by atoms with Crippen molar-refractivity contribution in [3.8, 4) is 5.75 Å². The van der Waals surface area contributed by atoms with E-state index in [9.17, 15) is 21.6 Å². The van der Waals surface area contributed by atoms with Crippen molar-refractivity contribution < 1.29 is 26.4 Å². The molecule has 0 radical (unpaired) electrons. The van der Waals surface area contributed by atoms with Crippen LogP contribution in [0, 0.1) is 0 Å². The molecule has 0 unspecified atom stereocenters. The normalized spacial score (nSPS) is 11.6. The number of primary amides is 1. The second-order valence-electron chi connectivity index (χ2n) is 6.08. The first-order valence-electron chi connectivity index (χ1n) is 8.58. The van der Waals surface area contributed by atoms with Crippen LogP contribution in [0.15, 0.2) is 88.7 Å². The van der Waals surface area contributed by atoms with Crippen LogP contribution < -0.4 is 14.2 Å². The topological polar surface area (TPSA) is 124 Å². The molecule has 0 saturated carbocycles. The highest BCUT2D eigenvalue weighted by atomic mass is 32.3. The van der Waals surface area contributed by atoms with Gasteiger partial charge in [0.05, 0.1) is 16.9 Å². The number of sulfonamides is 2. The summed E-state index contributed by atoms with van der Waals surface area (Å²) in [6.07, 6.45) is 0. The number of ether oxygens (including phenoxy) is 1. The number of hydrogen-bond acceptors (Lipinski definition) is 6. The van der Waals surface area contributed by atoms with Gasteiger partial charge in [-0.15, -0.1) is 0 Å². The Balaban J connectivity index is 2.38. The Morgan fingerprint density at radius 2 is 1.27 bits per heavy atom. The monoisotopic (exact) mass is 446 g/mol. The van der Waals surface area contributed by atoms with Crippen molar-refractivity contribution in [1.82, 2.24) is 0 Å². The number of nitrogens with two attached hydrogens (primary N) is 1. The zero-order valence-corrected chi connectivity index (χ0v) is 17.4. The van der Waals surface area contributed by atoms with Gasteiger partial charge in [-0.25, -0.2) is 16.8 Å². The molecule has 0 aliphatic heterocycles. The lowest BCUT2D eigenvalue weighted by Gasteiger charge is -2.26. The molecule has 0 spiro atoms. The van der Waals surface area contributed by atoms with Crippen molar-refractivity contribution in [2.45, 2.75) is 9.79 Å². The van der Waals surface area contributed by atoms with Crippen LogP contribution in [0.2, 0.25) is 0 Å². The summed E-state index contributed by atoms with van der Waals surface area (Å²) >= 11 is 0. The van der Waals surface area contributed by atoms with E-state index in [1.807, 2.05) is 0 Å². The van der Waals surface area contributed by atoms with E-state index in [2.05, 4.69) is 0 Å². The lowest BCUT2D eigenvalue weighted by atomic mass is 10.2. The Hall–Kier alpha value is -3.37. The first kappa shape index (κ1) is 21.3. The van der Waals surface area contributed by atoms with Crippen molar-refractivity contribution in [1.29, 1.82) is 0 Å². The van der Waals surface area contributed by atoms with Gasteiger partial charge in [-0.2, -0.15) is 3.71 Å². The van der Waals surface area contributed by atoms with Crippen LogP contribution in [-0.2, 0) is 20.0 Å². The number of nitrogens with zero attached hydrogens (tertiary/aromatic N) is 1. The van der Waals surface area contributed by atoms with Gasteiger partial charge in [0.1, 0.15) is 11.4 Å². The largest absolute Gasteiger partial charge is 0.495 e. The standard InChI is InChI=1S/C20H18N2O6S2/c1-28-19-13-12-15(20(21)23)14-18(19)22(29(24,25)16-8-4-2-5-9-16)30(26,27)17-10-6-3-7-11-17/h2-14H,1H3,(H2,21,23). The van der Waals surface area contributed by atoms with Crippen LogP contribution in [0.3, 0.4) is 0 Å². The van der Waals surface area contributed by atoms with Crippen LogP contribution in [0.5, 0.6) is 5.75 Å². The average Bonchev–Trinajstić information content (AvgIpc) is 2.74. The van der Waals surface area contributed by atoms with Crippen LogP contribution in [0.25, 0.3) is 0 Å². The van der Waals surface area contributed by atoms with Crippen LogP contribution in [0.1, 0.15) is 10.4 Å². The molecule has 0 aliphatic carbocycles. The molecule has 3 aromatic carbocycles. The lowest BCUT2D eigenvalue weighted by molar-refractivity contribution is 0.1000. The van der Waals surface area contributed by atoms with Crippen molar-refractivity contribution in [3.63, 3.8) is 0 Å². The summed E-state index contributed by atoms with van der Waals surface area (Å²) in [6, 6.07) is 17.8. The Morgan fingerprint density at radius 3 is 1.67 bits per heavy atom. The first-order valence-corrected chi connectivity index (χ1v) is 11.5. The molecule has 30 heavy (non-hydrogen) atoms. The lowest BCUT2D eigenvalue weighted by Crippen LogP contribution is -2.37. The fraction of sp³-hybridized carbons (Fsp3) is 0.0500. The third-order valence-corrected chi connectivity index (χ3v) is 8.36. The molecular weight excluding hydrogens is 428 g/mol. The van der Waals surface area contributed by atoms with E-state index in [0.717, 1.165) is 6.07 Å². The second-order valence-corrected chi connectivity index (χ2v) is 9.89. The molecule has 0 aromatic heterocycles. The molecule has 3 rings (SSSR count). The number of carbonyl (C=O) groups excluding carboxylic acids is 1. The fourth-order valence-electron chi connectivity index (χ4n) is 2.75. The predicted molar refractivity (Wildman–Crippen MR) is 111 cm³/mol. The van der Waals surface area contributed by atoms with E-state index in [1.54, 1.807) is 12.1 Å². The minimum atomic E-state index is -4.62. The predicted octanol–water partition coefficient (Wildman–Crippen LogP) is 2.38. The van der Waals surface area contributed by atoms with Gasteiger partial charge in [-0.3, -0.25) is 4.79 Å². The Bertz CT molecular complexity index is 1210. The maximum atomic E-state index is 13.5. The summed E-state index contributed by atoms with van der Waals surface area (Å²) in [5, 5.41) is 0. The molecule has 8 nitrogen and oxygen atoms in total. The van der Waals surface area contributed by atoms with E-state index in [0.29, 0.717) is 0 Å². The zero-order valence-electron chi connectivity index (χ0n) is 15.8. The number of methoxy groups -OCH3 is 1. The molecular formula is C20H18N2O6S2. The number of anilines is 1. The molecule has 156 valence electrons. The maximum absolute atomic E-state index is 13.5. The van der Waals surface area contributed by atoms with Gasteiger partial charge in [0.15, 0.2) is 0 Å². The Labute approximate surface area is 174 Å². The molecule has 0 saturated heterocycles. The van der Waals surface area contributed by atoms with Crippen molar-refractivity contribution >= 4 is 31.6 Å². The Morgan fingerprint density at radius 1 is 0.800 bits per heavy atom. The van der Waals surface area contributed by atoms with Crippen molar-refractivity contribution in [2.75, 3.05) is 10.8 Å². The van der Waals surface area contributed by atoms with Crippen molar-refractivity contribution in [3.05, 3.63) is 84.4 Å². The number of benzene rings is 3. The Kier molecular flexibility index (Phi) is 5.81. The molecule has 0 atom stereocenters. The SMILES string of the molecule is COc1ccc(C(N)=O)cc1N(S(=O)(=O)c1ccccc1)S(=O)(=O)c1ccccc1. The van der Waals surface area contributed by atoms with Gasteiger partial charge >= 0.3 is 0 Å². The minimum Gasteiger partial charge on any atom is -0.495 e. The highest BCUT2D eigenvalue weighted by molar-refractivity contribution is 8.10. The minimum absolute atomic E-state index is 0.0704. The van der Waals surface area contributed by atoms with Crippen LogP contribution in [-0.4, -0.2) is 29.9 Å². The summed E-state index contributed by atoms with van der Waals surface area (Å²) in [5.74, 6) is -0.924. The molecule has 0 bridgehead atoms. The van der Waals surface area contributed by atoms with Crippen molar-refractivity contribution in [2.24, 2.45) is 5.73 Å². The van der Waals surface area contributed by atoms with Crippen LogP contribution in [0.4, 0.5) is 5.69 Å². The molecule has 10 heteroatoms. The van der Waals surface area contributed by atoms with E-state index in [4.69, 9.17) is 10.5 Å². The van der Waals surface area contributed by atoms with Gasteiger partial charge in [0.25, 0.3) is 20.0 Å². The maximum Gasteiger partial charge on any atom is 0.277 e. The molecule has 2 N–H and O–H groups in total. The molecule has 0 heterocycles.